The first-order chi connectivity index (χ1) is 9.75. The molecule has 0 bridgehead atoms. The molecule has 2 fully saturated rings. The predicted octanol–water partition coefficient (Wildman–Crippen LogP) is 2.95. The van der Waals surface area contributed by atoms with Crippen LogP contribution in [0.25, 0.3) is 0 Å². The van der Waals surface area contributed by atoms with E-state index in [1.165, 1.54) is 32.1 Å². The number of esters is 1. The molecule has 2 rings (SSSR count). The summed E-state index contributed by atoms with van der Waals surface area (Å²) in [4.78, 5) is 23.7. The van der Waals surface area contributed by atoms with Crippen LogP contribution >= 0.6 is 0 Å². The van der Waals surface area contributed by atoms with E-state index in [1.54, 1.807) is 0 Å². The zero-order valence-electron chi connectivity index (χ0n) is 12.4. The van der Waals surface area contributed by atoms with Crippen LogP contribution in [0.5, 0.6) is 0 Å². The smallest absolute Gasteiger partial charge is 0.309 e. The molecule has 0 spiro atoms. The Labute approximate surface area is 121 Å². The molecule has 4 heteroatoms. The third-order valence-corrected chi connectivity index (χ3v) is 4.50. The lowest BCUT2D eigenvalue weighted by molar-refractivity contribution is -0.153. The molecule has 0 saturated heterocycles. The van der Waals surface area contributed by atoms with Gasteiger partial charge in [0.05, 0.1) is 5.92 Å². The monoisotopic (exact) mass is 281 g/mol. The number of amides is 1. The zero-order chi connectivity index (χ0) is 14.2. The van der Waals surface area contributed by atoms with Gasteiger partial charge in [0, 0.05) is 6.04 Å². The van der Waals surface area contributed by atoms with Crippen molar-refractivity contribution in [2.75, 3.05) is 6.61 Å². The number of hydrogen-bond acceptors (Lipinski definition) is 3. The van der Waals surface area contributed by atoms with E-state index in [4.69, 9.17) is 4.74 Å². The molecule has 0 heterocycles. The first-order valence-corrected chi connectivity index (χ1v) is 8.21. The number of carbonyl (C=O) groups is 2. The summed E-state index contributed by atoms with van der Waals surface area (Å²) in [5.74, 6) is -0.295. The van der Waals surface area contributed by atoms with Crippen molar-refractivity contribution in [1.29, 1.82) is 0 Å². The van der Waals surface area contributed by atoms with Gasteiger partial charge < -0.3 is 10.1 Å². The summed E-state index contributed by atoms with van der Waals surface area (Å²) in [5, 5.41) is 3.00. The molecular formula is C16H27NO3. The van der Waals surface area contributed by atoms with Gasteiger partial charge >= 0.3 is 5.97 Å². The Hall–Kier alpha value is -1.06. The molecule has 0 aliphatic heterocycles. The van der Waals surface area contributed by atoms with Crippen LogP contribution in [0.2, 0.25) is 0 Å². The highest BCUT2D eigenvalue weighted by Crippen LogP contribution is 2.24. The van der Waals surface area contributed by atoms with Crippen LogP contribution in [0.4, 0.5) is 0 Å². The summed E-state index contributed by atoms with van der Waals surface area (Å²) < 4.78 is 5.17. The zero-order valence-corrected chi connectivity index (χ0v) is 12.4. The number of rotatable bonds is 4. The van der Waals surface area contributed by atoms with Gasteiger partial charge in [-0.05, 0) is 25.7 Å². The largest absolute Gasteiger partial charge is 0.455 e. The van der Waals surface area contributed by atoms with Gasteiger partial charge in [-0.1, -0.05) is 44.9 Å². The van der Waals surface area contributed by atoms with Crippen LogP contribution in [-0.2, 0) is 14.3 Å². The molecule has 0 aromatic heterocycles. The van der Waals surface area contributed by atoms with Gasteiger partial charge in [0.1, 0.15) is 0 Å². The van der Waals surface area contributed by atoms with Crippen molar-refractivity contribution in [1.82, 2.24) is 5.32 Å². The van der Waals surface area contributed by atoms with E-state index in [1.807, 2.05) is 0 Å². The second-order valence-electron chi connectivity index (χ2n) is 6.20. The second-order valence-corrected chi connectivity index (χ2v) is 6.20. The molecular weight excluding hydrogens is 254 g/mol. The lowest BCUT2D eigenvalue weighted by Crippen LogP contribution is -2.38. The van der Waals surface area contributed by atoms with E-state index in [9.17, 15) is 9.59 Å². The Morgan fingerprint density at radius 2 is 1.40 bits per heavy atom. The summed E-state index contributed by atoms with van der Waals surface area (Å²) in [6.45, 7) is -0.105. The van der Waals surface area contributed by atoms with Crippen molar-refractivity contribution in [2.24, 2.45) is 5.92 Å². The van der Waals surface area contributed by atoms with Gasteiger partial charge in [0.15, 0.2) is 6.61 Å². The molecule has 0 aromatic carbocycles. The maximum atomic E-state index is 11.8. The summed E-state index contributed by atoms with van der Waals surface area (Å²) in [5.41, 5.74) is 0. The first kappa shape index (κ1) is 15.3. The molecule has 2 aliphatic carbocycles. The maximum Gasteiger partial charge on any atom is 0.309 e. The van der Waals surface area contributed by atoms with Gasteiger partial charge in [0.25, 0.3) is 5.91 Å². The van der Waals surface area contributed by atoms with Crippen LogP contribution in [0.1, 0.15) is 70.6 Å². The Bertz CT molecular complexity index is 316. The Morgan fingerprint density at radius 3 is 2.05 bits per heavy atom. The van der Waals surface area contributed by atoms with E-state index >= 15 is 0 Å². The lowest BCUT2D eigenvalue weighted by Gasteiger charge is -2.20. The molecule has 0 atom stereocenters. The Kier molecular flexibility index (Phi) is 6.34. The average molecular weight is 281 g/mol. The van der Waals surface area contributed by atoms with E-state index in [-0.39, 0.29) is 30.4 Å². The van der Waals surface area contributed by atoms with Crippen LogP contribution < -0.4 is 5.32 Å². The molecule has 0 unspecified atom stereocenters. The molecule has 0 aromatic rings. The minimum Gasteiger partial charge on any atom is -0.455 e. The average Bonchev–Trinajstić information content (AvgIpc) is 2.74. The van der Waals surface area contributed by atoms with E-state index in [2.05, 4.69) is 5.32 Å². The highest BCUT2D eigenvalue weighted by molar-refractivity contribution is 5.81. The summed E-state index contributed by atoms with van der Waals surface area (Å²) >= 11 is 0. The van der Waals surface area contributed by atoms with Crippen LogP contribution in [-0.4, -0.2) is 24.5 Å². The van der Waals surface area contributed by atoms with Gasteiger partial charge in [-0.15, -0.1) is 0 Å². The van der Waals surface area contributed by atoms with Crippen molar-refractivity contribution >= 4 is 11.9 Å². The fourth-order valence-electron chi connectivity index (χ4n) is 3.29. The Morgan fingerprint density at radius 1 is 0.850 bits per heavy atom. The van der Waals surface area contributed by atoms with Gasteiger partial charge in [-0.2, -0.15) is 0 Å². The van der Waals surface area contributed by atoms with Crippen LogP contribution in [0, 0.1) is 5.92 Å². The van der Waals surface area contributed by atoms with Crippen molar-refractivity contribution in [2.45, 2.75) is 76.7 Å². The minimum absolute atomic E-state index is 0.0226. The normalized spacial score (nSPS) is 22.0. The van der Waals surface area contributed by atoms with Gasteiger partial charge in [-0.25, -0.2) is 0 Å². The fourth-order valence-corrected chi connectivity index (χ4v) is 3.29. The topological polar surface area (TPSA) is 55.4 Å². The van der Waals surface area contributed by atoms with E-state index in [0.29, 0.717) is 0 Å². The lowest BCUT2D eigenvalue weighted by atomic mass is 9.89. The summed E-state index contributed by atoms with van der Waals surface area (Å²) in [6.07, 6.45) is 12.3. The Balaban J connectivity index is 1.64. The maximum absolute atomic E-state index is 11.8. The molecule has 114 valence electrons. The van der Waals surface area contributed by atoms with Crippen molar-refractivity contribution in [3.63, 3.8) is 0 Å². The van der Waals surface area contributed by atoms with Crippen molar-refractivity contribution < 1.29 is 14.3 Å². The predicted molar refractivity (Wildman–Crippen MR) is 77.2 cm³/mol. The van der Waals surface area contributed by atoms with Crippen molar-refractivity contribution in [3.8, 4) is 0 Å². The van der Waals surface area contributed by atoms with Crippen molar-refractivity contribution in [3.05, 3.63) is 0 Å². The standard InChI is InChI=1S/C16H27NO3/c18-15(17-14-10-6-1-2-7-11-14)12-20-16(19)13-8-4-3-5-9-13/h13-14H,1-12H2,(H,17,18). The quantitative estimate of drug-likeness (QED) is 0.636. The van der Waals surface area contributed by atoms with Crippen LogP contribution in [0.3, 0.4) is 0 Å². The third-order valence-electron chi connectivity index (χ3n) is 4.50. The minimum atomic E-state index is -0.180. The number of carbonyl (C=O) groups excluding carboxylic acids is 2. The van der Waals surface area contributed by atoms with Gasteiger partial charge in [-0.3, -0.25) is 9.59 Å². The third kappa shape index (κ3) is 5.14. The number of hydrogen-bond donors (Lipinski definition) is 1. The molecule has 20 heavy (non-hydrogen) atoms. The first-order valence-electron chi connectivity index (χ1n) is 8.21. The molecule has 4 nitrogen and oxygen atoms in total. The summed E-state index contributed by atoms with van der Waals surface area (Å²) in [6, 6.07) is 0.276. The van der Waals surface area contributed by atoms with Crippen LogP contribution in [0.15, 0.2) is 0 Å². The molecule has 1 N–H and O–H groups in total. The summed E-state index contributed by atoms with van der Waals surface area (Å²) in [7, 11) is 0. The fraction of sp³-hybridized carbons (Fsp3) is 0.875. The molecule has 2 aliphatic rings. The highest BCUT2D eigenvalue weighted by atomic mass is 16.5. The SMILES string of the molecule is O=C(COC(=O)C1CCCCC1)NC1CCCCCC1. The number of ether oxygens (including phenoxy) is 1. The molecule has 2 saturated carbocycles. The van der Waals surface area contributed by atoms with E-state index in [0.717, 1.165) is 38.5 Å². The molecule has 0 radical (unpaired) electrons. The highest BCUT2D eigenvalue weighted by Gasteiger charge is 2.23. The molecule has 1 amide bonds. The van der Waals surface area contributed by atoms with E-state index < -0.39 is 0 Å². The van der Waals surface area contributed by atoms with Gasteiger partial charge in [0.2, 0.25) is 0 Å². The number of nitrogens with one attached hydrogen (secondary N) is 1. The second kappa shape index (κ2) is 8.28.